The summed E-state index contributed by atoms with van der Waals surface area (Å²) in [7, 11) is 0. The summed E-state index contributed by atoms with van der Waals surface area (Å²) in [6.07, 6.45) is 2.52. The predicted molar refractivity (Wildman–Crippen MR) is 94.9 cm³/mol. The molecule has 0 spiro atoms. The van der Waals surface area contributed by atoms with Crippen molar-refractivity contribution in [3.05, 3.63) is 34.3 Å². The summed E-state index contributed by atoms with van der Waals surface area (Å²) in [5.74, 6) is 1.40. The van der Waals surface area contributed by atoms with Gasteiger partial charge in [0.2, 0.25) is 0 Å². The maximum atomic E-state index is 6.06. The Bertz CT molecular complexity index is 436. The summed E-state index contributed by atoms with van der Waals surface area (Å²) in [5, 5.41) is 0. The van der Waals surface area contributed by atoms with Gasteiger partial charge in [-0.2, -0.15) is 0 Å². The summed E-state index contributed by atoms with van der Waals surface area (Å²) < 4.78 is 1.08. The third-order valence-corrected chi connectivity index (χ3v) is 3.79. The molecule has 1 fully saturated rings. The van der Waals surface area contributed by atoms with Gasteiger partial charge in [0.05, 0.1) is 6.54 Å². The fourth-order valence-electron chi connectivity index (χ4n) is 2.31. The Kier molecular flexibility index (Phi) is 7.13. The molecular weight excluding hydrogens is 417 g/mol. The van der Waals surface area contributed by atoms with E-state index >= 15 is 0 Å². The van der Waals surface area contributed by atoms with Crippen molar-refractivity contribution in [3.8, 4) is 0 Å². The van der Waals surface area contributed by atoms with Gasteiger partial charge in [-0.1, -0.05) is 35.0 Å². The van der Waals surface area contributed by atoms with E-state index in [0.29, 0.717) is 12.5 Å². The van der Waals surface area contributed by atoms with Gasteiger partial charge in [0.15, 0.2) is 5.96 Å². The highest BCUT2D eigenvalue weighted by Crippen LogP contribution is 2.16. The van der Waals surface area contributed by atoms with Gasteiger partial charge in [-0.05, 0) is 36.5 Å². The van der Waals surface area contributed by atoms with Gasteiger partial charge in [0.25, 0.3) is 0 Å². The van der Waals surface area contributed by atoms with Crippen molar-refractivity contribution in [3.63, 3.8) is 0 Å². The van der Waals surface area contributed by atoms with Gasteiger partial charge < -0.3 is 10.6 Å². The molecule has 19 heavy (non-hydrogen) atoms. The number of aliphatic imine (C=N–C) groups is 1. The van der Waals surface area contributed by atoms with E-state index in [9.17, 15) is 0 Å². The lowest BCUT2D eigenvalue weighted by atomic mass is 10.0. The summed E-state index contributed by atoms with van der Waals surface area (Å²) in [6.45, 7) is 5.00. The Morgan fingerprint density at radius 1 is 1.53 bits per heavy atom. The molecule has 0 saturated carbocycles. The largest absolute Gasteiger partial charge is 0.370 e. The molecule has 0 amide bonds. The van der Waals surface area contributed by atoms with Crippen LogP contribution < -0.4 is 5.73 Å². The Balaban J connectivity index is 0.00000180. The van der Waals surface area contributed by atoms with Gasteiger partial charge in [-0.25, -0.2) is 4.99 Å². The topological polar surface area (TPSA) is 41.6 Å². The minimum atomic E-state index is 0. The van der Waals surface area contributed by atoms with E-state index in [1.165, 1.54) is 18.4 Å². The number of likely N-dealkylation sites (tertiary alicyclic amines) is 1. The third-order valence-electron chi connectivity index (χ3n) is 3.29. The smallest absolute Gasteiger partial charge is 0.191 e. The highest BCUT2D eigenvalue weighted by molar-refractivity contribution is 14.0. The number of rotatable bonds is 2. The Labute approximate surface area is 140 Å². The first-order chi connectivity index (χ1) is 8.65. The van der Waals surface area contributed by atoms with Crippen LogP contribution in [0.5, 0.6) is 0 Å². The van der Waals surface area contributed by atoms with E-state index in [1.807, 2.05) is 12.1 Å². The first kappa shape index (κ1) is 16.8. The molecule has 0 aliphatic carbocycles. The van der Waals surface area contributed by atoms with Crippen molar-refractivity contribution < 1.29 is 0 Å². The van der Waals surface area contributed by atoms with Crippen molar-refractivity contribution in [1.29, 1.82) is 0 Å². The highest BCUT2D eigenvalue weighted by atomic mass is 127. The maximum absolute atomic E-state index is 6.06. The second-order valence-corrected chi connectivity index (χ2v) is 5.91. The fraction of sp³-hybridized carbons (Fsp3) is 0.500. The van der Waals surface area contributed by atoms with E-state index in [2.05, 4.69) is 44.9 Å². The van der Waals surface area contributed by atoms with Crippen LogP contribution in [-0.2, 0) is 6.54 Å². The number of hydrogen-bond donors (Lipinski definition) is 1. The molecule has 0 bridgehead atoms. The van der Waals surface area contributed by atoms with Crippen LogP contribution in [0.1, 0.15) is 25.3 Å². The normalized spacial score (nSPS) is 20.0. The van der Waals surface area contributed by atoms with Crippen molar-refractivity contribution in [2.45, 2.75) is 26.3 Å². The van der Waals surface area contributed by atoms with Crippen molar-refractivity contribution in [2.24, 2.45) is 16.6 Å². The zero-order valence-corrected chi connectivity index (χ0v) is 15.1. The summed E-state index contributed by atoms with van der Waals surface area (Å²) >= 11 is 3.46. The molecule has 0 radical (unpaired) electrons. The number of hydrogen-bond acceptors (Lipinski definition) is 1. The standard InChI is InChI=1S/C14H20BrN3.HI/c1-11-4-3-7-18(10-11)14(16)17-9-12-5-2-6-13(15)8-12;/h2,5-6,8,11H,3-4,7,9-10H2,1H3,(H2,16,17);1H. The van der Waals surface area contributed by atoms with Gasteiger partial charge in [-0.15, -0.1) is 24.0 Å². The highest BCUT2D eigenvalue weighted by Gasteiger charge is 2.17. The van der Waals surface area contributed by atoms with Crippen LogP contribution in [-0.4, -0.2) is 23.9 Å². The Hall–Kier alpha value is -0.300. The lowest BCUT2D eigenvalue weighted by molar-refractivity contribution is 0.270. The van der Waals surface area contributed by atoms with Crippen LogP contribution >= 0.6 is 39.9 Å². The minimum absolute atomic E-state index is 0. The van der Waals surface area contributed by atoms with Crippen LogP contribution in [0.15, 0.2) is 33.7 Å². The summed E-state index contributed by atoms with van der Waals surface area (Å²) in [5.41, 5.74) is 7.24. The first-order valence-electron chi connectivity index (χ1n) is 6.44. The molecule has 0 aromatic heterocycles. The summed E-state index contributed by atoms with van der Waals surface area (Å²) in [6, 6.07) is 8.19. The zero-order valence-electron chi connectivity index (χ0n) is 11.2. The average Bonchev–Trinajstić information content (AvgIpc) is 2.36. The molecule has 5 heteroatoms. The lowest BCUT2D eigenvalue weighted by Gasteiger charge is -2.31. The zero-order chi connectivity index (χ0) is 13.0. The number of guanidine groups is 1. The van der Waals surface area contributed by atoms with Gasteiger partial charge in [-0.3, -0.25) is 0 Å². The molecule has 1 heterocycles. The number of nitrogens with two attached hydrogens (primary N) is 1. The maximum Gasteiger partial charge on any atom is 0.191 e. The first-order valence-corrected chi connectivity index (χ1v) is 7.24. The van der Waals surface area contributed by atoms with E-state index in [1.54, 1.807) is 0 Å². The molecule has 1 aromatic carbocycles. The molecule has 106 valence electrons. The quantitative estimate of drug-likeness (QED) is 0.436. The van der Waals surface area contributed by atoms with Crippen LogP contribution in [0.4, 0.5) is 0 Å². The molecule has 2 N–H and O–H groups in total. The van der Waals surface area contributed by atoms with E-state index in [0.717, 1.165) is 23.5 Å². The Morgan fingerprint density at radius 3 is 3.00 bits per heavy atom. The van der Waals surface area contributed by atoms with Crippen LogP contribution in [0.3, 0.4) is 0 Å². The van der Waals surface area contributed by atoms with E-state index in [-0.39, 0.29) is 24.0 Å². The molecule has 1 atom stereocenters. The number of benzene rings is 1. The van der Waals surface area contributed by atoms with Gasteiger partial charge >= 0.3 is 0 Å². The third kappa shape index (κ3) is 5.30. The SMILES string of the molecule is CC1CCCN(C(N)=NCc2cccc(Br)c2)C1.I. The number of piperidine rings is 1. The monoisotopic (exact) mass is 437 g/mol. The van der Waals surface area contributed by atoms with E-state index in [4.69, 9.17) is 5.73 Å². The molecule has 1 unspecified atom stereocenters. The predicted octanol–water partition coefficient (Wildman–Crippen LogP) is 3.61. The molecule has 1 saturated heterocycles. The van der Waals surface area contributed by atoms with E-state index < -0.39 is 0 Å². The van der Waals surface area contributed by atoms with Crippen LogP contribution in [0, 0.1) is 5.92 Å². The van der Waals surface area contributed by atoms with Crippen molar-refractivity contribution >= 4 is 45.9 Å². The molecule has 2 rings (SSSR count). The number of halogens is 2. The van der Waals surface area contributed by atoms with Crippen molar-refractivity contribution in [1.82, 2.24) is 4.90 Å². The fourth-order valence-corrected chi connectivity index (χ4v) is 2.75. The molecule has 1 aromatic rings. The molecular formula is C14H21BrIN3. The minimum Gasteiger partial charge on any atom is -0.370 e. The van der Waals surface area contributed by atoms with Crippen molar-refractivity contribution in [2.75, 3.05) is 13.1 Å². The van der Waals surface area contributed by atoms with Gasteiger partial charge in [0.1, 0.15) is 0 Å². The average molecular weight is 438 g/mol. The second-order valence-electron chi connectivity index (χ2n) is 5.00. The number of nitrogens with zero attached hydrogens (tertiary/aromatic N) is 2. The Morgan fingerprint density at radius 2 is 2.32 bits per heavy atom. The second kappa shape index (κ2) is 8.09. The van der Waals surface area contributed by atoms with Crippen LogP contribution in [0.25, 0.3) is 0 Å². The molecule has 3 nitrogen and oxygen atoms in total. The molecule has 1 aliphatic heterocycles. The van der Waals surface area contributed by atoms with Crippen LogP contribution in [0.2, 0.25) is 0 Å². The summed E-state index contributed by atoms with van der Waals surface area (Å²) in [4.78, 5) is 6.69. The van der Waals surface area contributed by atoms with Gasteiger partial charge in [0, 0.05) is 17.6 Å². The molecule has 1 aliphatic rings. The lowest BCUT2D eigenvalue weighted by Crippen LogP contribution is -2.43.